The summed E-state index contributed by atoms with van der Waals surface area (Å²) >= 11 is 1.04. The number of nitrogen functional groups attached to an aromatic ring is 1. The molecule has 13 nitrogen and oxygen atoms in total. The van der Waals surface area contributed by atoms with Crippen LogP contribution in [0.5, 0.6) is 5.75 Å². The van der Waals surface area contributed by atoms with Gasteiger partial charge in [-0.1, -0.05) is 17.3 Å². The van der Waals surface area contributed by atoms with Crippen LogP contribution in [0.25, 0.3) is 5.57 Å². The molecule has 2 saturated heterocycles. The van der Waals surface area contributed by atoms with E-state index in [9.17, 15) is 34.6 Å². The van der Waals surface area contributed by atoms with Crippen molar-refractivity contribution in [2.45, 2.75) is 31.3 Å². The van der Waals surface area contributed by atoms with Gasteiger partial charge in [0, 0.05) is 17.5 Å². The standard InChI is InChI=1S/C24H22N6O7S.Na.H/c25-24-27-14(9-38-24)17(29-37)21(33)28-18-15-6-5-12(19(23(35)36)30(15)22(18)34)16(13-7-8-26-20(13)32)10-1-3-11(31)4-2-10;;/h1-4,9,15,18,31,37H,5-8H2,(H2,25,27)(H,26,32)(H,28,33)(H,35,36);;/t15-,18+;;/m1../s1. The van der Waals surface area contributed by atoms with Gasteiger partial charge in [-0.05, 0) is 48.1 Å². The van der Waals surface area contributed by atoms with Crippen molar-refractivity contribution in [2.75, 3.05) is 12.3 Å². The normalized spacial score (nSPS) is 21.9. The number of aliphatic carboxylic acids is 1. The van der Waals surface area contributed by atoms with Crippen LogP contribution in [0.1, 0.15) is 30.5 Å². The number of aromatic hydroxyl groups is 1. The van der Waals surface area contributed by atoms with Gasteiger partial charge in [-0.3, -0.25) is 19.3 Å². The number of hydrogen-bond acceptors (Lipinski definition) is 10. The zero-order valence-corrected chi connectivity index (χ0v) is 20.5. The molecule has 0 radical (unpaired) electrons. The molecule has 2 atom stereocenters. The van der Waals surface area contributed by atoms with E-state index >= 15 is 0 Å². The molecule has 1 aromatic carbocycles. The van der Waals surface area contributed by atoms with Crippen LogP contribution in [0.4, 0.5) is 5.13 Å². The Bertz CT molecular complexity index is 1470. The van der Waals surface area contributed by atoms with Gasteiger partial charge in [-0.15, -0.1) is 11.3 Å². The summed E-state index contributed by atoms with van der Waals surface area (Å²) in [6.45, 7) is 0.393. The van der Waals surface area contributed by atoms with Crippen LogP contribution in [-0.2, 0) is 19.2 Å². The molecule has 1 aromatic heterocycles. The van der Waals surface area contributed by atoms with Gasteiger partial charge in [0.25, 0.3) is 11.8 Å². The first-order valence-corrected chi connectivity index (χ1v) is 12.4. The predicted molar refractivity (Wildman–Crippen MR) is 141 cm³/mol. The zero-order chi connectivity index (χ0) is 27.1. The summed E-state index contributed by atoms with van der Waals surface area (Å²) in [7, 11) is 0. The second kappa shape index (κ2) is 11.2. The van der Waals surface area contributed by atoms with Crippen LogP contribution in [-0.4, -0.2) is 103 Å². The van der Waals surface area contributed by atoms with Crippen molar-refractivity contribution in [1.82, 2.24) is 20.5 Å². The number of anilines is 1. The molecule has 7 N–H and O–H groups in total. The molecule has 0 aliphatic carbocycles. The Morgan fingerprint density at radius 3 is 2.49 bits per heavy atom. The average molecular weight is 563 g/mol. The van der Waals surface area contributed by atoms with E-state index in [0.717, 1.165) is 16.2 Å². The number of carboxylic acid groups (broad SMARTS) is 1. The van der Waals surface area contributed by atoms with Gasteiger partial charge >= 0.3 is 35.5 Å². The first-order valence-electron chi connectivity index (χ1n) is 11.6. The molecule has 0 bridgehead atoms. The van der Waals surface area contributed by atoms with Gasteiger partial charge < -0.3 is 31.8 Å². The number of phenols is 1. The van der Waals surface area contributed by atoms with Crippen molar-refractivity contribution in [3.8, 4) is 5.75 Å². The molecule has 5 rings (SSSR count). The Kier molecular flexibility index (Phi) is 8.11. The first kappa shape index (κ1) is 28.3. The third-order valence-corrected chi connectivity index (χ3v) is 7.37. The van der Waals surface area contributed by atoms with Gasteiger partial charge in [0.2, 0.25) is 5.91 Å². The average Bonchev–Trinajstić information content (AvgIpc) is 3.51. The third-order valence-electron chi connectivity index (χ3n) is 6.70. The van der Waals surface area contributed by atoms with Crippen LogP contribution < -0.4 is 16.4 Å². The first-order chi connectivity index (χ1) is 18.2. The van der Waals surface area contributed by atoms with Gasteiger partial charge in [0.1, 0.15) is 23.2 Å². The SMILES string of the molecule is Nc1nc(C(=NO)C(=O)N[C@@H]2C(=O)N3C(C(=O)O)=C(C(=C4CCNC4=O)c4ccc(O)cc4)CC[C@H]23)cs1.[NaH]. The molecule has 2 aromatic rings. The molecule has 15 heteroatoms. The molecule has 198 valence electrons. The molecular weight excluding hydrogens is 539 g/mol. The number of amides is 3. The van der Waals surface area contributed by atoms with Gasteiger partial charge in [0.15, 0.2) is 10.8 Å². The van der Waals surface area contributed by atoms with E-state index < -0.39 is 35.6 Å². The Hall–Kier alpha value is -3.72. The maximum atomic E-state index is 13.2. The molecule has 3 aliphatic rings. The van der Waals surface area contributed by atoms with Crippen LogP contribution in [0, 0.1) is 0 Å². The number of oxime groups is 1. The molecule has 0 spiro atoms. The van der Waals surface area contributed by atoms with E-state index in [-0.39, 0.29) is 64.2 Å². The minimum atomic E-state index is -1.35. The number of carboxylic acids is 1. The number of nitrogens with two attached hydrogens (primary N) is 1. The monoisotopic (exact) mass is 562 g/mol. The molecule has 2 fully saturated rings. The topological polar surface area (TPSA) is 208 Å². The van der Waals surface area contributed by atoms with E-state index in [1.165, 1.54) is 17.5 Å². The second-order valence-corrected chi connectivity index (χ2v) is 9.71. The predicted octanol–water partition coefficient (Wildman–Crippen LogP) is -0.237. The summed E-state index contributed by atoms with van der Waals surface area (Å²) in [5.41, 5.74) is 6.58. The van der Waals surface area contributed by atoms with Crippen LogP contribution in [0.2, 0.25) is 0 Å². The number of carbonyl (C=O) groups is 4. The third kappa shape index (κ3) is 5.03. The van der Waals surface area contributed by atoms with Crippen LogP contribution >= 0.6 is 11.3 Å². The van der Waals surface area contributed by atoms with Crippen molar-refractivity contribution >= 4 is 81.0 Å². The number of allylic oxidation sites excluding steroid dienone is 2. The fourth-order valence-corrected chi connectivity index (χ4v) is 5.59. The number of nitrogens with zero attached hydrogens (tertiary/aromatic N) is 3. The number of phenolic OH excluding ortho intramolecular Hbond substituents is 1. The van der Waals surface area contributed by atoms with Gasteiger partial charge in [0.05, 0.1) is 6.04 Å². The van der Waals surface area contributed by atoms with E-state index in [1.54, 1.807) is 12.1 Å². The molecule has 0 unspecified atom stereocenters. The Balaban J connectivity index is 0.00000353. The van der Waals surface area contributed by atoms with Crippen molar-refractivity contribution < 1.29 is 34.6 Å². The summed E-state index contributed by atoms with van der Waals surface area (Å²) in [5, 5.41) is 39.1. The van der Waals surface area contributed by atoms with E-state index in [4.69, 9.17) is 5.73 Å². The number of aromatic nitrogens is 1. The number of β-lactam (4-membered cyclic amide) rings is 1. The Labute approximate surface area is 247 Å². The summed E-state index contributed by atoms with van der Waals surface area (Å²) in [4.78, 5) is 56.1. The number of fused-ring (bicyclic) bond motifs is 1. The molecule has 3 aliphatic heterocycles. The Morgan fingerprint density at radius 2 is 1.92 bits per heavy atom. The van der Waals surface area contributed by atoms with E-state index in [2.05, 4.69) is 20.8 Å². The molecule has 0 saturated carbocycles. The zero-order valence-electron chi connectivity index (χ0n) is 19.7. The van der Waals surface area contributed by atoms with Crippen LogP contribution in [0.3, 0.4) is 0 Å². The number of rotatable bonds is 6. The van der Waals surface area contributed by atoms with E-state index in [0.29, 0.717) is 41.7 Å². The summed E-state index contributed by atoms with van der Waals surface area (Å²) < 4.78 is 0. The minimum absolute atomic E-state index is 0. The molecular formula is C24H23N6NaO7S. The summed E-state index contributed by atoms with van der Waals surface area (Å²) in [5.74, 6) is -3.19. The summed E-state index contributed by atoms with van der Waals surface area (Å²) in [6.07, 6.45) is 0.874. The number of carbonyl (C=O) groups excluding carboxylic acids is 3. The summed E-state index contributed by atoms with van der Waals surface area (Å²) in [6, 6.07) is 4.33. The van der Waals surface area contributed by atoms with Crippen molar-refractivity contribution in [2.24, 2.45) is 5.16 Å². The number of hydrogen-bond donors (Lipinski definition) is 6. The van der Waals surface area contributed by atoms with Crippen molar-refractivity contribution in [3.63, 3.8) is 0 Å². The van der Waals surface area contributed by atoms with Gasteiger partial charge in [-0.25, -0.2) is 9.78 Å². The molecule has 39 heavy (non-hydrogen) atoms. The molecule has 4 heterocycles. The second-order valence-electron chi connectivity index (χ2n) is 8.82. The van der Waals surface area contributed by atoms with Gasteiger partial charge in [-0.2, -0.15) is 0 Å². The maximum absolute atomic E-state index is 13.2. The van der Waals surface area contributed by atoms with E-state index in [1.807, 2.05) is 0 Å². The molecule has 3 amide bonds. The van der Waals surface area contributed by atoms with Crippen LogP contribution in [0.15, 0.2) is 51.6 Å². The fourth-order valence-electron chi connectivity index (χ4n) is 5.04. The fraction of sp³-hybridized carbons (Fsp3) is 0.250. The number of thiazole rings is 1. The number of benzene rings is 1. The van der Waals surface area contributed by atoms with Crippen molar-refractivity contribution in [3.05, 3.63) is 57.7 Å². The number of nitrogens with one attached hydrogen (secondary N) is 2. The quantitative estimate of drug-likeness (QED) is 0.0685. The Morgan fingerprint density at radius 1 is 1.21 bits per heavy atom. The van der Waals surface area contributed by atoms with Crippen molar-refractivity contribution in [1.29, 1.82) is 0 Å².